The zero-order valence-electron chi connectivity index (χ0n) is 15.0. The molecule has 142 valence electrons. The molecule has 1 aromatic heterocycles. The number of aryl methyl sites for hydroxylation is 1. The molecule has 0 amide bonds. The second-order valence-corrected chi connectivity index (χ2v) is 7.50. The van der Waals surface area contributed by atoms with E-state index in [-0.39, 0.29) is 29.8 Å². The topological polar surface area (TPSA) is 52.6 Å². The molecule has 0 spiro atoms. The minimum absolute atomic E-state index is 0. The van der Waals surface area contributed by atoms with E-state index in [2.05, 4.69) is 32.4 Å². The molecule has 0 bridgehead atoms. The first-order chi connectivity index (χ1) is 12.1. The SMILES string of the molecule is CN=C(NCc1ncc(C)s1)NC1CCN(c2cccc(F)c2)CC1.I. The highest BCUT2D eigenvalue weighted by molar-refractivity contribution is 14.0. The number of nitrogens with zero attached hydrogens (tertiary/aromatic N) is 3. The minimum atomic E-state index is -0.181. The highest BCUT2D eigenvalue weighted by Gasteiger charge is 2.20. The molecule has 2 N–H and O–H groups in total. The Hall–Kier alpha value is -1.42. The van der Waals surface area contributed by atoms with Crippen LogP contribution in [-0.2, 0) is 6.54 Å². The lowest BCUT2D eigenvalue weighted by molar-refractivity contribution is 0.461. The molecule has 0 aliphatic carbocycles. The Morgan fingerprint density at radius 2 is 2.15 bits per heavy atom. The molecule has 26 heavy (non-hydrogen) atoms. The quantitative estimate of drug-likeness (QED) is 0.392. The van der Waals surface area contributed by atoms with Gasteiger partial charge in [0.2, 0.25) is 0 Å². The molecule has 0 unspecified atom stereocenters. The maximum absolute atomic E-state index is 13.4. The van der Waals surface area contributed by atoms with Gasteiger partial charge in [-0.3, -0.25) is 4.99 Å². The number of aromatic nitrogens is 1. The van der Waals surface area contributed by atoms with Crippen molar-refractivity contribution in [1.29, 1.82) is 0 Å². The predicted octanol–water partition coefficient (Wildman–Crippen LogP) is 3.54. The van der Waals surface area contributed by atoms with Crippen LogP contribution >= 0.6 is 35.3 Å². The molecular formula is C18H25FIN5S. The van der Waals surface area contributed by atoms with Gasteiger partial charge in [-0.05, 0) is 38.0 Å². The number of hydrogen-bond donors (Lipinski definition) is 2. The van der Waals surface area contributed by atoms with Crippen LogP contribution in [0.15, 0.2) is 35.5 Å². The number of hydrogen-bond acceptors (Lipinski definition) is 4. The molecule has 8 heteroatoms. The van der Waals surface area contributed by atoms with E-state index in [1.165, 1.54) is 10.9 Å². The van der Waals surface area contributed by atoms with Gasteiger partial charge in [0.1, 0.15) is 10.8 Å². The van der Waals surface area contributed by atoms with Crippen LogP contribution in [0.4, 0.5) is 10.1 Å². The second kappa shape index (κ2) is 10.1. The van der Waals surface area contributed by atoms with E-state index in [9.17, 15) is 4.39 Å². The normalized spacial score (nSPS) is 15.5. The minimum Gasteiger partial charge on any atom is -0.371 e. The number of halogens is 2. The number of guanidine groups is 1. The van der Waals surface area contributed by atoms with Crippen molar-refractivity contribution in [2.75, 3.05) is 25.0 Å². The Bertz CT molecular complexity index is 728. The fourth-order valence-electron chi connectivity index (χ4n) is 2.99. The molecule has 1 saturated heterocycles. The third kappa shape index (κ3) is 5.80. The fourth-order valence-corrected chi connectivity index (χ4v) is 3.71. The molecule has 0 atom stereocenters. The number of benzene rings is 1. The summed E-state index contributed by atoms with van der Waals surface area (Å²) in [5.74, 6) is 0.622. The van der Waals surface area contributed by atoms with E-state index in [0.29, 0.717) is 12.6 Å². The zero-order chi connectivity index (χ0) is 17.6. The van der Waals surface area contributed by atoms with E-state index in [1.807, 2.05) is 12.3 Å². The van der Waals surface area contributed by atoms with Gasteiger partial charge >= 0.3 is 0 Å². The van der Waals surface area contributed by atoms with E-state index in [0.717, 1.165) is 42.6 Å². The summed E-state index contributed by atoms with van der Waals surface area (Å²) in [6, 6.07) is 7.19. The lowest BCUT2D eigenvalue weighted by Gasteiger charge is -2.34. The van der Waals surface area contributed by atoms with E-state index >= 15 is 0 Å². The number of anilines is 1. The Morgan fingerprint density at radius 3 is 2.77 bits per heavy atom. The van der Waals surface area contributed by atoms with Gasteiger partial charge in [0, 0.05) is 42.9 Å². The summed E-state index contributed by atoms with van der Waals surface area (Å²) in [5, 5.41) is 7.86. The van der Waals surface area contributed by atoms with Crippen LogP contribution < -0.4 is 15.5 Å². The van der Waals surface area contributed by atoms with Crippen LogP contribution in [-0.4, -0.2) is 37.1 Å². The molecule has 2 heterocycles. The van der Waals surface area contributed by atoms with Crippen molar-refractivity contribution in [3.8, 4) is 0 Å². The van der Waals surface area contributed by atoms with Gasteiger partial charge in [-0.1, -0.05) is 6.07 Å². The first-order valence-electron chi connectivity index (χ1n) is 8.53. The van der Waals surface area contributed by atoms with Gasteiger partial charge < -0.3 is 15.5 Å². The summed E-state index contributed by atoms with van der Waals surface area (Å²) in [7, 11) is 1.78. The number of thiazole rings is 1. The largest absolute Gasteiger partial charge is 0.371 e. The molecule has 1 aromatic carbocycles. The number of piperidine rings is 1. The van der Waals surface area contributed by atoms with Crippen LogP contribution in [0.5, 0.6) is 0 Å². The van der Waals surface area contributed by atoms with Crippen molar-refractivity contribution in [2.45, 2.75) is 32.4 Å². The van der Waals surface area contributed by atoms with Gasteiger partial charge in [0.15, 0.2) is 5.96 Å². The molecule has 1 aliphatic rings. The van der Waals surface area contributed by atoms with Crippen LogP contribution in [0.1, 0.15) is 22.7 Å². The maximum Gasteiger partial charge on any atom is 0.191 e. The van der Waals surface area contributed by atoms with E-state index in [1.54, 1.807) is 30.5 Å². The Labute approximate surface area is 175 Å². The summed E-state index contributed by atoms with van der Waals surface area (Å²) in [6.07, 6.45) is 3.88. The van der Waals surface area contributed by atoms with Crippen LogP contribution in [0.3, 0.4) is 0 Å². The second-order valence-electron chi connectivity index (χ2n) is 6.18. The van der Waals surface area contributed by atoms with Crippen molar-refractivity contribution < 1.29 is 4.39 Å². The predicted molar refractivity (Wildman–Crippen MR) is 117 cm³/mol. The Morgan fingerprint density at radius 1 is 1.38 bits per heavy atom. The van der Waals surface area contributed by atoms with Gasteiger partial charge in [0.05, 0.1) is 6.54 Å². The third-order valence-electron chi connectivity index (χ3n) is 4.31. The van der Waals surface area contributed by atoms with Crippen LogP contribution in [0.25, 0.3) is 0 Å². The molecule has 2 aromatic rings. The lowest BCUT2D eigenvalue weighted by Crippen LogP contribution is -2.48. The van der Waals surface area contributed by atoms with Crippen molar-refractivity contribution in [3.05, 3.63) is 46.2 Å². The lowest BCUT2D eigenvalue weighted by atomic mass is 10.0. The summed E-state index contributed by atoms with van der Waals surface area (Å²) < 4.78 is 13.4. The average molecular weight is 489 g/mol. The highest BCUT2D eigenvalue weighted by Crippen LogP contribution is 2.20. The molecule has 1 aliphatic heterocycles. The summed E-state index contributed by atoms with van der Waals surface area (Å²) in [5.41, 5.74) is 0.958. The highest BCUT2D eigenvalue weighted by atomic mass is 127. The van der Waals surface area contributed by atoms with Crippen molar-refractivity contribution in [2.24, 2.45) is 4.99 Å². The molecular weight excluding hydrogens is 464 g/mol. The molecule has 0 radical (unpaired) electrons. The van der Waals surface area contributed by atoms with Gasteiger partial charge in [0.25, 0.3) is 0 Å². The van der Waals surface area contributed by atoms with Gasteiger partial charge in [-0.2, -0.15) is 0 Å². The monoisotopic (exact) mass is 489 g/mol. The Kier molecular flexibility index (Phi) is 8.08. The zero-order valence-corrected chi connectivity index (χ0v) is 18.2. The summed E-state index contributed by atoms with van der Waals surface area (Å²) >= 11 is 1.69. The summed E-state index contributed by atoms with van der Waals surface area (Å²) in [4.78, 5) is 12.1. The average Bonchev–Trinajstić information content (AvgIpc) is 3.04. The smallest absolute Gasteiger partial charge is 0.191 e. The van der Waals surface area contributed by atoms with Crippen molar-refractivity contribution >= 4 is 47.0 Å². The first-order valence-corrected chi connectivity index (χ1v) is 9.34. The first kappa shape index (κ1) is 20.9. The number of rotatable bonds is 4. The standard InChI is InChI=1S/C18H24FN5S.HI/c1-13-11-21-17(25-13)12-22-18(20-2)23-15-6-8-24(9-7-15)16-5-3-4-14(19)10-16;/h3-5,10-11,15H,6-9,12H2,1-2H3,(H2,20,22,23);1H. The Balaban J connectivity index is 0.00000243. The maximum atomic E-state index is 13.4. The molecule has 1 fully saturated rings. The van der Waals surface area contributed by atoms with Gasteiger partial charge in [-0.25, -0.2) is 9.37 Å². The van der Waals surface area contributed by atoms with E-state index in [4.69, 9.17) is 0 Å². The third-order valence-corrected chi connectivity index (χ3v) is 5.22. The molecule has 5 nitrogen and oxygen atoms in total. The number of nitrogens with one attached hydrogen (secondary N) is 2. The van der Waals surface area contributed by atoms with Crippen molar-refractivity contribution in [1.82, 2.24) is 15.6 Å². The van der Waals surface area contributed by atoms with Crippen LogP contribution in [0.2, 0.25) is 0 Å². The molecule has 0 saturated carbocycles. The van der Waals surface area contributed by atoms with E-state index < -0.39 is 0 Å². The molecule has 3 rings (SSSR count). The van der Waals surface area contributed by atoms with Crippen molar-refractivity contribution in [3.63, 3.8) is 0 Å². The van der Waals surface area contributed by atoms with Gasteiger partial charge in [-0.15, -0.1) is 35.3 Å². The fraction of sp³-hybridized carbons (Fsp3) is 0.444. The number of aliphatic imine (C=N–C) groups is 1. The summed E-state index contributed by atoms with van der Waals surface area (Å²) in [6.45, 7) is 4.55. The van der Waals surface area contributed by atoms with Crippen LogP contribution in [0, 0.1) is 12.7 Å².